The average Bonchev–Trinajstić information content (AvgIpc) is 3.51. The molecule has 4 rings (SSSR count). The number of ether oxygens (including phenoxy) is 2. The standard InChI is InChI=1S/C24H24O2/c1-18-5-11-21(12-6-18)22-13-9-19(10-14-22)7-8-20-3-2-4-23(15-20)25-16-24-17-26-24/h2-6,9-15,24H,7-8,16-17H2,1H3. The summed E-state index contributed by atoms with van der Waals surface area (Å²) in [5.74, 6) is 0.938. The summed E-state index contributed by atoms with van der Waals surface area (Å²) in [5.41, 5.74) is 6.50. The highest BCUT2D eigenvalue weighted by Crippen LogP contribution is 2.22. The molecule has 3 aromatic rings. The molecule has 0 aliphatic carbocycles. The molecular formula is C24H24O2. The Hall–Kier alpha value is -2.58. The molecule has 1 unspecified atom stereocenters. The van der Waals surface area contributed by atoms with Gasteiger partial charge in [0.2, 0.25) is 0 Å². The normalized spacial score (nSPS) is 15.7. The van der Waals surface area contributed by atoms with Crippen molar-refractivity contribution in [3.05, 3.63) is 89.5 Å². The maximum Gasteiger partial charge on any atom is 0.119 e. The Balaban J connectivity index is 1.35. The summed E-state index contributed by atoms with van der Waals surface area (Å²) >= 11 is 0. The van der Waals surface area contributed by atoms with Crippen LogP contribution in [0.3, 0.4) is 0 Å². The van der Waals surface area contributed by atoms with E-state index in [0.29, 0.717) is 12.7 Å². The second-order valence-corrected chi connectivity index (χ2v) is 6.98. The maximum atomic E-state index is 5.77. The average molecular weight is 344 g/mol. The molecule has 132 valence electrons. The quantitative estimate of drug-likeness (QED) is 0.548. The summed E-state index contributed by atoms with van der Waals surface area (Å²) in [6, 6.07) is 26.0. The Kier molecular flexibility index (Phi) is 5.03. The largest absolute Gasteiger partial charge is 0.491 e. The van der Waals surface area contributed by atoms with Crippen molar-refractivity contribution in [2.45, 2.75) is 25.9 Å². The second kappa shape index (κ2) is 7.76. The number of rotatable bonds is 7. The van der Waals surface area contributed by atoms with Crippen molar-refractivity contribution in [3.63, 3.8) is 0 Å². The smallest absolute Gasteiger partial charge is 0.119 e. The number of aryl methyl sites for hydroxylation is 3. The molecule has 1 saturated heterocycles. The van der Waals surface area contributed by atoms with Crippen molar-refractivity contribution in [1.29, 1.82) is 0 Å². The van der Waals surface area contributed by atoms with Gasteiger partial charge in [0, 0.05) is 0 Å². The fraction of sp³-hybridized carbons (Fsp3) is 0.250. The zero-order valence-corrected chi connectivity index (χ0v) is 15.2. The Bertz CT molecular complexity index is 846. The second-order valence-electron chi connectivity index (χ2n) is 6.98. The Morgan fingerprint density at radius 2 is 1.50 bits per heavy atom. The van der Waals surface area contributed by atoms with Gasteiger partial charge < -0.3 is 9.47 Å². The first-order valence-corrected chi connectivity index (χ1v) is 9.25. The summed E-state index contributed by atoms with van der Waals surface area (Å²) in [6.45, 7) is 3.61. The molecule has 1 heterocycles. The van der Waals surface area contributed by atoms with E-state index in [1.54, 1.807) is 0 Å². The van der Waals surface area contributed by atoms with Gasteiger partial charge in [0.15, 0.2) is 0 Å². The van der Waals surface area contributed by atoms with Gasteiger partial charge in [-0.3, -0.25) is 0 Å². The number of hydrogen-bond acceptors (Lipinski definition) is 2. The molecule has 2 nitrogen and oxygen atoms in total. The molecule has 1 fully saturated rings. The first-order chi connectivity index (χ1) is 12.8. The summed E-state index contributed by atoms with van der Waals surface area (Å²) in [5, 5.41) is 0. The third-order valence-corrected chi connectivity index (χ3v) is 4.78. The molecule has 0 radical (unpaired) electrons. The molecule has 3 aromatic carbocycles. The van der Waals surface area contributed by atoms with Gasteiger partial charge in [-0.15, -0.1) is 0 Å². The van der Waals surface area contributed by atoms with Crippen LogP contribution >= 0.6 is 0 Å². The van der Waals surface area contributed by atoms with Gasteiger partial charge in [0.1, 0.15) is 18.5 Å². The van der Waals surface area contributed by atoms with Crippen molar-refractivity contribution in [1.82, 2.24) is 0 Å². The van der Waals surface area contributed by atoms with Gasteiger partial charge in [-0.2, -0.15) is 0 Å². The highest BCUT2D eigenvalue weighted by atomic mass is 16.6. The highest BCUT2D eigenvalue weighted by molar-refractivity contribution is 5.63. The topological polar surface area (TPSA) is 21.8 Å². The molecule has 26 heavy (non-hydrogen) atoms. The van der Waals surface area contributed by atoms with Gasteiger partial charge in [-0.25, -0.2) is 0 Å². The lowest BCUT2D eigenvalue weighted by molar-refractivity contribution is 0.263. The molecule has 0 spiro atoms. The summed E-state index contributed by atoms with van der Waals surface area (Å²) in [4.78, 5) is 0. The van der Waals surface area contributed by atoms with Crippen LogP contribution in [0, 0.1) is 6.92 Å². The van der Waals surface area contributed by atoms with Gasteiger partial charge in [-0.1, -0.05) is 66.2 Å². The summed E-state index contributed by atoms with van der Waals surface area (Å²) in [6.07, 6.45) is 2.34. The van der Waals surface area contributed by atoms with E-state index in [0.717, 1.165) is 25.2 Å². The number of benzene rings is 3. The molecule has 0 N–H and O–H groups in total. The zero-order chi connectivity index (χ0) is 17.8. The van der Waals surface area contributed by atoms with Gasteiger partial charge >= 0.3 is 0 Å². The number of epoxide rings is 1. The molecule has 1 aliphatic heterocycles. The van der Waals surface area contributed by atoms with Crippen molar-refractivity contribution in [2.75, 3.05) is 13.2 Å². The zero-order valence-electron chi connectivity index (χ0n) is 15.2. The van der Waals surface area contributed by atoms with Crippen LogP contribution in [-0.2, 0) is 17.6 Å². The molecule has 0 saturated carbocycles. The third kappa shape index (κ3) is 4.53. The van der Waals surface area contributed by atoms with Crippen LogP contribution in [0.1, 0.15) is 16.7 Å². The Morgan fingerprint density at radius 1 is 0.846 bits per heavy atom. The maximum absolute atomic E-state index is 5.77. The Labute approximate surface area is 155 Å². The minimum atomic E-state index is 0.297. The van der Waals surface area contributed by atoms with Crippen LogP contribution in [0.25, 0.3) is 11.1 Å². The molecule has 1 aliphatic rings. The molecule has 0 aromatic heterocycles. The van der Waals surface area contributed by atoms with Crippen LogP contribution in [0.5, 0.6) is 5.75 Å². The lowest BCUT2D eigenvalue weighted by Gasteiger charge is -2.08. The SMILES string of the molecule is Cc1ccc(-c2ccc(CCc3cccc(OCC4CO4)c3)cc2)cc1. The third-order valence-electron chi connectivity index (χ3n) is 4.78. The van der Waals surface area contributed by atoms with E-state index in [1.165, 1.54) is 27.8 Å². The molecule has 1 atom stereocenters. The highest BCUT2D eigenvalue weighted by Gasteiger charge is 2.22. The summed E-state index contributed by atoms with van der Waals surface area (Å²) < 4.78 is 11.0. The van der Waals surface area contributed by atoms with E-state index < -0.39 is 0 Å². The minimum absolute atomic E-state index is 0.297. The molecule has 0 bridgehead atoms. The number of hydrogen-bond donors (Lipinski definition) is 0. The first kappa shape index (κ1) is 16.9. The van der Waals surface area contributed by atoms with Crippen LogP contribution in [0.2, 0.25) is 0 Å². The first-order valence-electron chi connectivity index (χ1n) is 9.25. The van der Waals surface area contributed by atoms with Gasteiger partial charge in [-0.05, 0) is 54.2 Å². The lowest BCUT2D eigenvalue weighted by Crippen LogP contribution is -2.04. The van der Waals surface area contributed by atoms with Gasteiger partial charge in [0.25, 0.3) is 0 Å². The predicted octanol–water partition coefficient (Wildman–Crippen LogP) is 5.22. The van der Waals surface area contributed by atoms with Crippen LogP contribution in [0.4, 0.5) is 0 Å². The minimum Gasteiger partial charge on any atom is -0.491 e. The molecule has 0 amide bonds. The van der Waals surface area contributed by atoms with Crippen LogP contribution < -0.4 is 4.74 Å². The van der Waals surface area contributed by atoms with Crippen molar-refractivity contribution >= 4 is 0 Å². The van der Waals surface area contributed by atoms with E-state index in [9.17, 15) is 0 Å². The molecule has 2 heteroatoms. The summed E-state index contributed by atoms with van der Waals surface area (Å²) in [7, 11) is 0. The lowest BCUT2D eigenvalue weighted by atomic mass is 10.00. The van der Waals surface area contributed by atoms with E-state index in [1.807, 2.05) is 6.07 Å². The van der Waals surface area contributed by atoms with Gasteiger partial charge in [0.05, 0.1) is 6.61 Å². The predicted molar refractivity (Wildman–Crippen MR) is 106 cm³/mol. The Morgan fingerprint density at radius 3 is 2.19 bits per heavy atom. The monoisotopic (exact) mass is 344 g/mol. The van der Waals surface area contributed by atoms with E-state index >= 15 is 0 Å². The van der Waals surface area contributed by atoms with E-state index in [-0.39, 0.29) is 0 Å². The van der Waals surface area contributed by atoms with E-state index in [4.69, 9.17) is 9.47 Å². The molecular weight excluding hydrogens is 320 g/mol. The van der Waals surface area contributed by atoms with Crippen molar-refractivity contribution in [2.24, 2.45) is 0 Å². The van der Waals surface area contributed by atoms with E-state index in [2.05, 4.69) is 73.7 Å². The van der Waals surface area contributed by atoms with Crippen LogP contribution in [0.15, 0.2) is 72.8 Å². The fourth-order valence-corrected chi connectivity index (χ4v) is 3.04. The van der Waals surface area contributed by atoms with Crippen molar-refractivity contribution < 1.29 is 9.47 Å². The fourth-order valence-electron chi connectivity index (χ4n) is 3.04. The van der Waals surface area contributed by atoms with Crippen molar-refractivity contribution in [3.8, 4) is 16.9 Å². The van der Waals surface area contributed by atoms with Crippen LogP contribution in [-0.4, -0.2) is 19.3 Å².